The molecule has 2 heterocycles. The molecule has 21 heavy (non-hydrogen) atoms. The fourth-order valence-corrected chi connectivity index (χ4v) is 2.70. The standard InChI is InChI=1S/C16H21N3O2/c1-12(2)19-11-17-14-9-13(3-4-15(14)19)10-16(20)18-5-7-21-8-6-18/h3-4,9,11-12H,5-8,10H2,1-2H3. The van der Waals surface area contributed by atoms with Gasteiger partial charge >= 0.3 is 0 Å². The monoisotopic (exact) mass is 287 g/mol. The molecule has 1 aliphatic rings. The Kier molecular flexibility index (Phi) is 3.92. The number of imidazole rings is 1. The van der Waals surface area contributed by atoms with Gasteiger partial charge in [-0.3, -0.25) is 4.79 Å². The Morgan fingerprint density at radius 3 is 2.81 bits per heavy atom. The van der Waals surface area contributed by atoms with Crippen LogP contribution in [-0.2, 0) is 16.0 Å². The summed E-state index contributed by atoms with van der Waals surface area (Å²) in [6.45, 7) is 6.95. The number of benzene rings is 1. The molecule has 5 heteroatoms. The van der Waals surface area contributed by atoms with Crippen LogP contribution in [0.2, 0.25) is 0 Å². The van der Waals surface area contributed by atoms with Crippen LogP contribution in [-0.4, -0.2) is 46.7 Å². The second kappa shape index (κ2) is 5.85. The normalized spacial score (nSPS) is 15.9. The van der Waals surface area contributed by atoms with Gasteiger partial charge < -0.3 is 14.2 Å². The molecule has 5 nitrogen and oxygen atoms in total. The first-order valence-corrected chi connectivity index (χ1v) is 7.46. The quantitative estimate of drug-likeness (QED) is 0.867. The van der Waals surface area contributed by atoms with Crippen LogP contribution in [0.1, 0.15) is 25.5 Å². The van der Waals surface area contributed by atoms with Gasteiger partial charge in [-0.2, -0.15) is 0 Å². The number of carbonyl (C=O) groups is 1. The Bertz CT molecular complexity index is 642. The van der Waals surface area contributed by atoms with E-state index in [-0.39, 0.29) is 5.91 Å². The molecule has 0 bridgehead atoms. The second-order valence-electron chi connectivity index (χ2n) is 5.74. The number of aromatic nitrogens is 2. The average Bonchev–Trinajstić information content (AvgIpc) is 2.91. The molecule has 0 saturated carbocycles. The zero-order chi connectivity index (χ0) is 14.8. The molecule has 1 aromatic heterocycles. The Morgan fingerprint density at radius 2 is 2.10 bits per heavy atom. The maximum Gasteiger partial charge on any atom is 0.227 e. The zero-order valence-electron chi connectivity index (χ0n) is 12.6. The Labute approximate surface area is 124 Å². The van der Waals surface area contributed by atoms with Crippen LogP contribution in [0.5, 0.6) is 0 Å². The van der Waals surface area contributed by atoms with Crippen LogP contribution in [0, 0.1) is 0 Å². The molecule has 112 valence electrons. The van der Waals surface area contributed by atoms with Gasteiger partial charge in [0, 0.05) is 19.1 Å². The predicted molar refractivity (Wildman–Crippen MR) is 81.2 cm³/mol. The summed E-state index contributed by atoms with van der Waals surface area (Å²) in [6.07, 6.45) is 2.30. The number of hydrogen-bond donors (Lipinski definition) is 0. The topological polar surface area (TPSA) is 47.4 Å². The van der Waals surface area contributed by atoms with Crippen molar-refractivity contribution in [2.75, 3.05) is 26.3 Å². The summed E-state index contributed by atoms with van der Waals surface area (Å²) in [6, 6.07) is 6.49. The molecule has 1 aliphatic heterocycles. The molecule has 1 saturated heterocycles. The lowest BCUT2D eigenvalue weighted by Gasteiger charge is -2.26. The second-order valence-corrected chi connectivity index (χ2v) is 5.74. The van der Waals surface area contributed by atoms with Crippen LogP contribution in [0.25, 0.3) is 11.0 Å². The summed E-state index contributed by atoms with van der Waals surface area (Å²) >= 11 is 0. The van der Waals surface area contributed by atoms with Crippen LogP contribution in [0.3, 0.4) is 0 Å². The van der Waals surface area contributed by atoms with E-state index in [9.17, 15) is 4.79 Å². The molecule has 0 N–H and O–H groups in total. The summed E-state index contributed by atoms with van der Waals surface area (Å²) in [5.41, 5.74) is 3.09. The number of ether oxygens (including phenoxy) is 1. The summed E-state index contributed by atoms with van der Waals surface area (Å²) in [5, 5.41) is 0. The van der Waals surface area contributed by atoms with Gasteiger partial charge in [-0.05, 0) is 31.5 Å². The lowest BCUT2D eigenvalue weighted by atomic mass is 10.1. The maximum atomic E-state index is 12.3. The van der Waals surface area contributed by atoms with E-state index >= 15 is 0 Å². The van der Waals surface area contributed by atoms with Crippen molar-refractivity contribution >= 4 is 16.9 Å². The van der Waals surface area contributed by atoms with E-state index in [1.165, 1.54) is 0 Å². The molecule has 3 rings (SSSR count). The minimum Gasteiger partial charge on any atom is -0.378 e. The third-order valence-electron chi connectivity index (χ3n) is 3.91. The fraction of sp³-hybridized carbons (Fsp3) is 0.500. The van der Waals surface area contributed by atoms with Gasteiger partial charge in [-0.25, -0.2) is 4.98 Å². The van der Waals surface area contributed by atoms with Crippen molar-refractivity contribution in [3.63, 3.8) is 0 Å². The zero-order valence-corrected chi connectivity index (χ0v) is 12.6. The molecule has 0 spiro atoms. The van der Waals surface area contributed by atoms with E-state index in [1.807, 2.05) is 23.4 Å². The van der Waals surface area contributed by atoms with E-state index in [0.717, 1.165) is 16.6 Å². The Hall–Kier alpha value is -1.88. The van der Waals surface area contributed by atoms with Crippen molar-refractivity contribution in [1.82, 2.24) is 14.5 Å². The largest absolute Gasteiger partial charge is 0.378 e. The van der Waals surface area contributed by atoms with Crippen molar-refractivity contribution in [1.29, 1.82) is 0 Å². The van der Waals surface area contributed by atoms with Gasteiger partial charge in [0.15, 0.2) is 0 Å². The van der Waals surface area contributed by atoms with E-state index < -0.39 is 0 Å². The van der Waals surface area contributed by atoms with Crippen molar-refractivity contribution in [2.24, 2.45) is 0 Å². The average molecular weight is 287 g/mol. The molecule has 1 fully saturated rings. The number of nitrogens with zero attached hydrogens (tertiary/aromatic N) is 3. The number of carbonyl (C=O) groups excluding carboxylic acids is 1. The first-order valence-electron chi connectivity index (χ1n) is 7.46. The SMILES string of the molecule is CC(C)n1cnc2cc(CC(=O)N3CCOCC3)ccc21. The highest BCUT2D eigenvalue weighted by Crippen LogP contribution is 2.19. The van der Waals surface area contributed by atoms with Gasteiger partial charge in [-0.1, -0.05) is 6.07 Å². The summed E-state index contributed by atoms with van der Waals surface area (Å²) < 4.78 is 7.42. The molecule has 0 aliphatic carbocycles. The highest BCUT2D eigenvalue weighted by Gasteiger charge is 2.17. The molecule has 0 radical (unpaired) electrons. The number of rotatable bonds is 3. The number of fused-ring (bicyclic) bond motifs is 1. The van der Waals surface area contributed by atoms with E-state index in [2.05, 4.69) is 29.5 Å². The van der Waals surface area contributed by atoms with Crippen molar-refractivity contribution < 1.29 is 9.53 Å². The van der Waals surface area contributed by atoms with E-state index in [0.29, 0.717) is 38.8 Å². The third kappa shape index (κ3) is 2.93. The number of morpholine rings is 1. The van der Waals surface area contributed by atoms with Crippen molar-refractivity contribution in [3.05, 3.63) is 30.1 Å². The molecule has 0 unspecified atom stereocenters. The highest BCUT2D eigenvalue weighted by molar-refractivity contribution is 5.82. The Morgan fingerprint density at radius 1 is 1.33 bits per heavy atom. The Balaban J connectivity index is 1.76. The molecular formula is C16H21N3O2. The van der Waals surface area contributed by atoms with Crippen LogP contribution in [0.15, 0.2) is 24.5 Å². The van der Waals surface area contributed by atoms with Gasteiger partial charge in [-0.15, -0.1) is 0 Å². The van der Waals surface area contributed by atoms with Gasteiger partial charge in [0.1, 0.15) is 0 Å². The van der Waals surface area contributed by atoms with Crippen molar-refractivity contribution in [3.8, 4) is 0 Å². The molecular weight excluding hydrogens is 266 g/mol. The highest BCUT2D eigenvalue weighted by atomic mass is 16.5. The van der Waals surface area contributed by atoms with Crippen molar-refractivity contribution in [2.45, 2.75) is 26.3 Å². The van der Waals surface area contributed by atoms with Gasteiger partial charge in [0.25, 0.3) is 0 Å². The van der Waals surface area contributed by atoms with Gasteiger partial charge in [0.05, 0.1) is 37.0 Å². The molecule has 2 aromatic rings. The number of hydrogen-bond acceptors (Lipinski definition) is 3. The van der Waals surface area contributed by atoms with Crippen LogP contribution in [0.4, 0.5) is 0 Å². The predicted octanol–water partition coefficient (Wildman–Crippen LogP) is 2.02. The number of amides is 1. The molecule has 1 amide bonds. The third-order valence-corrected chi connectivity index (χ3v) is 3.91. The summed E-state index contributed by atoms with van der Waals surface area (Å²) in [7, 11) is 0. The maximum absolute atomic E-state index is 12.3. The van der Waals surface area contributed by atoms with Crippen LogP contribution >= 0.6 is 0 Å². The lowest BCUT2D eigenvalue weighted by Crippen LogP contribution is -2.41. The summed E-state index contributed by atoms with van der Waals surface area (Å²) in [5.74, 6) is 0.168. The fourth-order valence-electron chi connectivity index (χ4n) is 2.70. The van der Waals surface area contributed by atoms with E-state index in [4.69, 9.17) is 4.74 Å². The smallest absolute Gasteiger partial charge is 0.227 e. The molecule has 0 atom stereocenters. The minimum absolute atomic E-state index is 0.168. The van der Waals surface area contributed by atoms with Gasteiger partial charge in [0.2, 0.25) is 5.91 Å². The van der Waals surface area contributed by atoms with E-state index in [1.54, 1.807) is 0 Å². The lowest BCUT2D eigenvalue weighted by molar-refractivity contribution is -0.134. The van der Waals surface area contributed by atoms with Crippen LogP contribution < -0.4 is 0 Å². The molecule has 1 aromatic carbocycles. The minimum atomic E-state index is 0.168. The first-order chi connectivity index (χ1) is 10.1. The first kappa shape index (κ1) is 14.1. The summed E-state index contributed by atoms with van der Waals surface area (Å²) in [4.78, 5) is 18.6.